The molecule has 92 valence electrons. The van der Waals surface area contributed by atoms with Gasteiger partial charge in [-0.1, -0.05) is 0 Å². The molecule has 0 fully saturated rings. The highest BCUT2D eigenvalue weighted by molar-refractivity contribution is 5.74. The number of carbonyl (C=O) groups is 2. The van der Waals surface area contributed by atoms with E-state index in [0.717, 1.165) is 6.29 Å². The van der Waals surface area contributed by atoms with Crippen LogP contribution < -0.4 is 4.74 Å². The van der Waals surface area contributed by atoms with E-state index in [0.29, 0.717) is 30.9 Å². The smallest absolute Gasteiger partial charge is 0.407 e. The number of benzene rings is 1. The van der Waals surface area contributed by atoms with E-state index in [-0.39, 0.29) is 0 Å². The summed E-state index contributed by atoms with van der Waals surface area (Å²) in [5.74, 6) is 0.675. The average molecular weight is 237 g/mol. The van der Waals surface area contributed by atoms with Gasteiger partial charge < -0.3 is 14.7 Å². The van der Waals surface area contributed by atoms with Crippen LogP contribution in [-0.4, -0.2) is 42.6 Å². The average Bonchev–Trinajstić information content (AvgIpc) is 2.35. The Balaban J connectivity index is 2.26. The van der Waals surface area contributed by atoms with Gasteiger partial charge in [0, 0.05) is 19.2 Å². The van der Waals surface area contributed by atoms with E-state index < -0.39 is 6.09 Å². The SMILES string of the molecule is CN(CCCOc1ccc(C=O)cc1)C(=O)O. The van der Waals surface area contributed by atoms with Crippen molar-refractivity contribution in [2.24, 2.45) is 0 Å². The molecule has 0 aliphatic heterocycles. The summed E-state index contributed by atoms with van der Waals surface area (Å²) in [5, 5.41) is 8.61. The number of hydrogen-bond donors (Lipinski definition) is 1. The molecular formula is C12H15NO4. The zero-order valence-electron chi connectivity index (χ0n) is 9.63. The van der Waals surface area contributed by atoms with E-state index in [1.807, 2.05) is 0 Å². The van der Waals surface area contributed by atoms with Gasteiger partial charge in [-0.25, -0.2) is 4.79 Å². The molecule has 0 bridgehead atoms. The maximum atomic E-state index is 10.5. The van der Waals surface area contributed by atoms with E-state index in [2.05, 4.69) is 0 Å². The van der Waals surface area contributed by atoms with Crippen LogP contribution >= 0.6 is 0 Å². The molecule has 1 aromatic carbocycles. The Bertz CT molecular complexity index is 375. The lowest BCUT2D eigenvalue weighted by molar-refractivity contribution is 0.112. The quantitative estimate of drug-likeness (QED) is 0.606. The van der Waals surface area contributed by atoms with E-state index in [9.17, 15) is 9.59 Å². The maximum absolute atomic E-state index is 10.5. The number of aldehydes is 1. The molecule has 17 heavy (non-hydrogen) atoms. The van der Waals surface area contributed by atoms with Crippen molar-refractivity contribution in [3.63, 3.8) is 0 Å². The highest BCUT2D eigenvalue weighted by Crippen LogP contribution is 2.11. The second kappa shape index (κ2) is 6.52. The molecule has 1 amide bonds. The first kappa shape index (κ1) is 13.0. The zero-order valence-corrected chi connectivity index (χ0v) is 9.63. The van der Waals surface area contributed by atoms with Gasteiger partial charge in [0.15, 0.2) is 0 Å². The minimum absolute atomic E-state index is 0.432. The van der Waals surface area contributed by atoms with Crippen LogP contribution in [0.25, 0.3) is 0 Å². The fraction of sp³-hybridized carbons (Fsp3) is 0.333. The second-order valence-electron chi connectivity index (χ2n) is 3.59. The summed E-state index contributed by atoms with van der Waals surface area (Å²) in [4.78, 5) is 22.1. The van der Waals surface area contributed by atoms with Crippen LogP contribution in [0, 0.1) is 0 Å². The molecule has 0 saturated carbocycles. The Morgan fingerprint density at radius 1 is 1.41 bits per heavy atom. The van der Waals surface area contributed by atoms with Crippen molar-refractivity contribution < 1.29 is 19.4 Å². The monoisotopic (exact) mass is 237 g/mol. The predicted molar refractivity (Wildman–Crippen MR) is 62.6 cm³/mol. The Morgan fingerprint density at radius 3 is 2.59 bits per heavy atom. The molecule has 0 spiro atoms. The molecule has 0 saturated heterocycles. The third-order valence-corrected chi connectivity index (χ3v) is 2.25. The number of nitrogens with zero attached hydrogens (tertiary/aromatic N) is 1. The van der Waals surface area contributed by atoms with Crippen LogP contribution in [0.4, 0.5) is 4.79 Å². The van der Waals surface area contributed by atoms with Gasteiger partial charge in [-0.05, 0) is 30.7 Å². The number of hydrogen-bond acceptors (Lipinski definition) is 3. The summed E-state index contributed by atoms with van der Waals surface area (Å²) in [6.07, 6.45) is 0.449. The van der Waals surface area contributed by atoms with Crippen LogP contribution in [-0.2, 0) is 0 Å². The first-order valence-corrected chi connectivity index (χ1v) is 5.25. The van der Waals surface area contributed by atoms with Crippen LogP contribution in [0.1, 0.15) is 16.8 Å². The predicted octanol–water partition coefficient (Wildman–Crippen LogP) is 1.88. The van der Waals surface area contributed by atoms with Crippen LogP contribution in [0.3, 0.4) is 0 Å². The molecule has 5 heteroatoms. The summed E-state index contributed by atoms with van der Waals surface area (Å²) in [5.41, 5.74) is 0.600. The number of ether oxygens (including phenoxy) is 1. The Morgan fingerprint density at radius 2 is 2.06 bits per heavy atom. The van der Waals surface area contributed by atoms with E-state index in [4.69, 9.17) is 9.84 Å². The molecule has 1 N–H and O–H groups in total. The Hall–Kier alpha value is -2.04. The van der Waals surface area contributed by atoms with Crippen molar-refractivity contribution in [1.29, 1.82) is 0 Å². The normalized spacial score (nSPS) is 9.71. The molecule has 0 atom stereocenters. The topological polar surface area (TPSA) is 66.8 Å². The molecule has 1 aromatic rings. The summed E-state index contributed by atoms with van der Waals surface area (Å²) >= 11 is 0. The minimum atomic E-state index is -0.944. The highest BCUT2D eigenvalue weighted by Gasteiger charge is 2.03. The van der Waals surface area contributed by atoms with Crippen molar-refractivity contribution in [3.05, 3.63) is 29.8 Å². The summed E-state index contributed by atoms with van der Waals surface area (Å²) in [6, 6.07) is 6.77. The summed E-state index contributed by atoms with van der Waals surface area (Å²) < 4.78 is 5.40. The molecule has 0 unspecified atom stereocenters. The van der Waals surface area contributed by atoms with Crippen molar-refractivity contribution in [2.75, 3.05) is 20.2 Å². The van der Waals surface area contributed by atoms with Gasteiger partial charge in [-0.2, -0.15) is 0 Å². The lowest BCUT2D eigenvalue weighted by atomic mass is 10.2. The molecule has 0 radical (unpaired) electrons. The lowest BCUT2D eigenvalue weighted by Crippen LogP contribution is -2.26. The number of carbonyl (C=O) groups excluding carboxylic acids is 1. The van der Waals surface area contributed by atoms with Crippen molar-refractivity contribution in [3.8, 4) is 5.75 Å². The van der Waals surface area contributed by atoms with E-state index in [1.54, 1.807) is 24.3 Å². The van der Waals surface area contributed by atoms with Crippen molar-refractivity contribution >= 4 is 12.4 Å². The molecule has 0 aromatic heterocycles. The number of amides is 1. The molecule has 5 nitrogen and oxygen atoms in total. The lowest BCUT2D eigenvalue weighted by Gasteiger charge is -2.12. The van der Waals surface area contributed by atoms with Gasteiger partial charge in [0.2, 0.25) is 0 Å². The van der Waals surface area contributed by atoms with E-state index in [1.165, 1.54) is 11.9 Å². The second-order valence-corrected chi connectivity index (χ2v) is 3.59. The largest absolute Gasteiger partial charge is 0.494 e. The van der Waals surface area contributed by atoms with Gasteiger partial charge in [-0.3, -0.25) is 4.79 Å². The minimum Gasteiger partial charge on any atom is -0.494 e. The molecule has 1 rings (SSSR count). The van der Waals surface area contributed by atoms with Gasteiger partial charge in [-0.15, -0.1) is 0 Å². The van der Waals surface area contributed by atoms with Gasteiger partial charge >= 0.3 is 6.09 Å². The molecule has 0 aliphatic carbocycles. The number of carboxylic acid groups (broad SMARTS) is 1. The van der Waals surface area contributed by atoms with Crippen LogP contribution in [0.15, 0.2) is 24.3 Å². The fourth-order valence-corrected chi connectivity index (χ4v) is 1.23. The van der Waals surface area contributed by atoms with Gasteiger partial charge in [0.05, 0.1) is 6.61 Å². The van der Waals surface area contributed by atoms with Gasteiger partial charge in [0.25, 0.3) is 0 Å². The third kappa shape index (κ3) is 4.55. The molecule has 0 heterocycles. The van der Waals surface area contributed by atoms with E-state index >= 15 is 0 Å². The van der Waals surface area contributed by atoms with Crippen LogP contribution in [0.2, 0.25) is 0 Å². The van der Waals surface area contributed by atoms with Gasteiger partial charge in [0.1, 0.15) is 12.0 Å². The van der Waals surface area contributed by atoms with Crippen molar-refractivity contribution in [1.82, 2.24) is 4.90 Å². The van der Waals surface area contributed by atoms with Crippen LogP contribution in [0.5, 0.6) is 5.75 Å². The Kier molecular flexibility index (Phi) is 5.00. The first-order chi connectivity index (χ1) is 8.13. The summed E-state index contributed by atoms with van der Waals surface area (Å²) in [7, 11) is 1.52. The van der Waals surface area contributed by atoms with Crippen molar-refractivity contribution in [2.45, 2.75) is 6.42 Å². The fourth-order valence-electron chi connectivity index (χ4n) is 1.23. The summed E-state index contributed by atoms with van der Waals surface area (Å²) in [6.45, 7) is 0.875. The highest BCUT2D eigenvalue weighted by atomic mass is 16.5. The Labute approximate surface area is 99.6 Å². The maximum Gasteiger partial charge on any atom is 0.407 e. The molecule has 0 aliphatic rings. The first-order valence-electron chi connectivity index (χ1n) is 5.25. The zero-order chi connectivity index (χ0) is 12.7. The number of rotatable bonds is 6. The molecular weight excluding hydrogens is 222 g/mol. The standard InChI is InChI=1S/C12H15NO4/c1-13(12(15)16)7-2-8-17-11-5-3-10(9-14)4-6-11/h3-6,9H,2,7-8H2,1H3,(H,15,16). The third-order valence-electron chi connectivity index (χ3n) is 2.25.